The van der Waals surface area contributed by atoms with E-state index in [0.29, 0.717) is 17.7 Å². The number of anilines is 2. The number of hydrogen-bond donors (Lipinski definition) is 3. The normalized spacial score (nSPS) is 21.4. The van der Waals surface area contributed by atoms with Crippen LogP contribution in [-0.2, 0) is 4.79 Å². The van der Waals surface area contributed by atoms with Crippen molar-refractivity contribution >= 4 is 23.2 Å². The van der Waals surface area contributed by atoms with Crippen molar-refractivity contribution in [3.05, 3.63) is 48.1 Å². The highest BCUT2D eigenvalue weighted by Crippen LogP contribution is 2.41. The molecule has 0 bridgehead atoms. The van der Waals surface area contributed by atoms with Gasteiger partial charge in [-0.2, -0.15) is 0 Å². The summed E-state index contributed by atoms with van der Waals surface area (Å²) in [5.74, 6) is -0.502. The van der Waals surface area contributed by atoms with Crippen LogP contribution in [0.4, 0.5) is 11.4 Å². The van der Waals surface area contributed by atoms with Gasteiger partial charge in [-0.25, -0.2) is 5.01 Å². The molecule has 1 saturated heterocycles. The molecule has 1 unspecified atom stereocenters. The number of nitrogens with two attached hydrogens (primary N) is 1. The minimum absolute atomic E-state index is 0.0169. The third-order valence-electron chi connectivity index (χ3n) is 6.30. The molecular formula is C24H34N4O3. The lowest BCUT2D eigenvalue weighted by atomic mass is 9.88. The lowest BCUT2D eigenvalue weighted by Gasteiger charge is -2.32. The maximum absolute atomic E-state index is 13.2. The highest BCUT2D eigenvalue weighted by Gasteiger charge is 2.40. The Morgan fingerprint density at radius 1 is 1.16 bits per heavy atom. The molecule has 1 aromatic rings. The van der Waals surface area contributed by atoms with Crippen LogP contribution in [0.5, 0.6) is 0 Å². The van der Waals surface area contributed by atoms with Gasteiger partial charge in [0.25, 0.3) is 11.8 Å². The average Bonchev–Trinajstić information content (AvgIpc) is 3.07. The number of hydrazine groups is 1. The molecule has 0 spiro atoms. The van der Waals surface area contributed by atoms with E-state index in [9.17, 15) is 14.7 Å². The second-order valence-corrected chi connectivity index (χ2v) is 8.17. The van der Waals surface area contributed by atoms with Gasteiger partial charge in [0.1, 0.15) is 0 Å². The minimum atomic E-state index is -0.485. The maximum atomic E-state index is 13.2. The van der Waals surface area contributed by atoms with Crippen molar-refractivity contribution in [1.29, 1.82) is 0 Å². The van der Waals surface area contributed by atoms with Crippen molar-refractivity contribution in [3.63, 3.8) is 0 Å². The molecule has 1 saturated carbocycles. The molecule has 3 aliphatic rings. The van der Waals surface area contributed by atoms with Crippen molar-refractivity contribution in [2.75, 3.05) is 30.0 Å². The summed E-state index contributed by atoms with van der Waals surface area (Å²) >= 11 is 0. The van der Waals surface area contributed by atoms with Gasteiger partial charge in [-0.05, 0) is 55.9 Å². The Balaban J connectivity index is 0.00000132. The number of carbonyl (C=O) groups is 2. The summed E-state index contributed by atoms with van der Waals surface area (Å²) in [5.41, 5.74) is 12.8. The molecule has 4 rings (SSSR count). The molecule has 7 nitrogen and oxygen atoms in total. The van der Waals surface area contributed by atoms with Crippen molar-refractivity contribution in [2.45, 2.75) is 57.4 Å². The van der Waals surface area contributed by atoms with E-state index in [-0.39, 0.29) is 18.6 Å². The van der Waals surface area contributed by atoms with E-state index in [1.165, 1.54) is 12.0 Å². The van der Waals surface area contributed by atoms with Crippen LogP contribution in [0.3, 0.4) is 0 Å². The van der Waals surface area contributed by atoms with Crippen molar-refractivity contribution in [3.8, 4) is 0 Å². The zero-order valence-electron chi connectivity index (χ0n) is 18.2. The second kappa shape index (κ2) is 10.6. The Labute approximate surface area is 184 Å². The standard InChI is InChI=1S/C22H30N4O3.C2H4/c23-21(28)18-9-8-15(14-19(18)24-25-11-4-1-5-12-25)26-20-7-3-2-6-16(20)17(10-13-27)22(26)29;1-2/h8-9,14,20,24,27H,1-7,10-13H2,(H2,23,28);1-2H2. The first-order valence-electron chi connectivity index (χ1n) is 11.2. The zero-order valence-corrected chi connectivity index (χ0v) is 18.2. The van der Waals surface area contributed by atoms with E-state index in [0.717, 1.165) is 62.9 Å². The number of fused-ring (bicyclic) bond motifs is 1. The third-order valence-corrected chi connectivity index (χ3v) is 6.30. The second-order valence-electron chi connectivity index (χ2n) is 8.17. The molecule has 0 aromatic heterocycles. The fourth-order valence-electron chi connectivity index (χ4n) is 4.90. The highest BCUT2D eigenvalue weighted by atomic mass is 16.3. The van der Waals surface area contributed by atoms with Crippen LogP contribution in [0.1, 0.15) is 61.7 Å². The molecule has 4 N–H and O–H groups in total. The Kier molecular flexibility index (Phi) is 7.87. The predicted octanol–water partition coefficient (Wildman–Crippen LogP) is 3.37. The summed E-state index contributed by atoms with van der Waals surface area (Å²) < 4.78 is 0. The Morgan fingerprint density at radius 2 is 1.90 bits per heavy atom. The number of hydrogen-bond acceptors (Lipinski definition) is 5. The van der Waals surface area contributed by atoms with E-state index >= 15 is 0 Å². The summed E-state index contributed by atoms with van der Waals surface area (Å²) in [7, 11) is 0. The molecule has 168 valence electrons. The number of carbonyl (C=O) groups excluding carboxylic acids is 2. The first-order chi connectivity index (χ1) is 15.1. The number of aliphatic hydroxyl groups excluding tert-OH is 1. The molecule has 2 fully saturated rings. The molecule has 1 atom stereocenters. The van der Waals surface area contributed by atoms with Crippen LogP contribution < -0.4 is 16.1 Å². The van der Waals surface area contributed by atoms with Crippen LogP contribution in [0.25, 0.3) is 0 Å². The van der Waals surface area contributed by atoms with Crippen molar-refractivity contribution < 1.29 is 14.7 Å². The van der Waals surface area contributed by atoms with Gasteiger partial charge in [-0.3, -0.25) is 9.59 Å². The van der Waals surface area contributed by atoms with Crippen molar-refractivity contribution in [1.82, 2.24) is 5.01 Å². The van der Waals surface area contributed by atoms with E-state index in [2.05, 4.69) is 23.6 Å². The van der Waals surface area contributed by atoms with E-state index < -0.39 is 5.91 Å². The monoisotopic (exact) mass is 426 g/mol. The summed E-state index contributed by atoms with van der Waals surface area (Å²) in [4.78, 5) is 27.0. The van der Waals surface area contributed by atoms with E-state index in [1.807, 2.05) is 17.0 Å². The van der Waals surface area contributed by atoms with Crippen LogP contribution in [0, 0.1) is 0 Å². The number of piperidine rings is 1. The Hall–Kier alpha value is -2.64. The fourth-order valence-corrected chi connectivity index (χ4v) is 4.90. The lowest BCUT2D eigenvalue weighted by molar-refractivity contribution is -0.115. The maximum Gasteiger partial charge on any atom is 0.254 e. The number of nitrogens with one attached hydrogen (secondary N) is 1. The summed E-state index contributed by atoms with van der Waals surface area (Å²) in [5, 5.41) is 11.6. The van der Waals surface area contributed by atoms with E-state index in [1.54, 1.807) is 6.07 Å². The van der Waals surface area contributed by atoms with Gasteiger partial charge < -0.3 is 21.2 Å². The summed E-state index contributed by atoms with van der Waals surface area (Å²) in [6, 6.07) is 5.46. The molecule has 7 heteroatoms. The van der Waals surface area contributed by atoms with Gasteiger partial charge in [-0.15, -0.1) is 13.2 Å². The van der Waals surface area contributed by atoms with Crippen LogP contribution in [0.15, 0.2) is 42.5 Å². The van der Waals surface area contributed by atoms with Gasteiger partial charge in [-0.1, -0.05) is 12.8 Å². The predicted molar refractivity (Wildman–Crippen MR) is 124 cm³/mol. The number of nitrogens with zero attached hydrogens (tertiary/aromatic N) is 2. The van der Waals surface area contributed by atoms with Crippen LogP contribution >= 0.6 is 0 Å². The number of aliphatic hydroxyl groups is 1. The molecule has 2 amide bonds. The molecule has 1 aliphatic carbocycles. The SMILES string of the molecule is C=C.NC(=O)c1ccc(N2C(=O)C(CCO)=C3CCCCC32)cc1NN1CCCCC1. The first-order valence-corrected chi connectivity index (χ1v) is 11.2. The summed E-state index contributed by atoms with van der Waals surface area (Å²) in [6.45, 7) is 7.81. The van der Waals surface area contributed by atoms with Crippen LogP contribution in [0.2, 0.25) is 0 Å². The van der Waals surface area contributed by atoms with Gasteiger partial charge in [0.2, 0.25) is 0 Å². The van der Waals surface area contributed by atoms with Crippen LogP contribution in [-0.4, -0.2) is 47.7 Å². The smallest absolute Gasteiger partial charge is 0.254 e. The molecule has 2 heterocycles. The first kappa shape index (κ1) is 23.0. The lowest BCUT2D eigenvalue weighted by Crippen LogP contribution is -2.38. The zero-order chi connectivity index (χ0) is 22.4. The number of benzene rings is 1. The van der Waals surface area contributed by atoms with Gasteiger partial charge in [0, 0.05) is 37.4 Å². The quantitative estimate of drug-likeness (QED) is 0.606. The molecular weight excluding hydrogens is 392 g/mol. The minimum Gasteiger partial charge on any atom is -0.396 e. The number of rotatable bonds is 6. The molecule has 0 radical (unpaired) electrons. The number of primary amides is 1. The largest absolute Gasteiger partial charge is 0.396 e. The third kappa shape index (κ3) is 4.83. The van der Waals surface area contributed by atoms with E-state index in [4.69, 9.17) is 5.73 Å². The highest BCUT2D eigenvalue weighted by molar-refractivity contribution is 6.11. The topological polar surface area (TPSA) is 98.9 Å². The summed E-state index contributed by atoms with van der Waals surface area (Å²) in [6.07, 6.45) is 7.87. The number of amides is 2. The molecule has 2 aliphatic heterocycles. The van der Waals surface area contributed by atoms with Gasteiger partial charge >= 0.3 is 0 Å². The average molecular weight is 427 g/mol. The molecule has 31 heavy (non-hydrogen) atoms. The Morgan fingerprint density at radius 3 is 2.58 bits per heavy atom. The Bertz CT molecular complexity index is 845. The molecule has 1 aromatic carbocycles. The fraction of sp³-hybridized carbons (Fsp3) is 0.500. The van der Waals surface area contributed by atoms with Gasteiger partial charge in [0.05, 0.1) is 17.3 Å². The van der Waals surface area contributed by atoms with Gasteiger partial charge in [0.15, 0.2) is 0 Å². The van der Waals surface area contributed by atoms with Crippen molar-refractivity contribution in [2.24, 2.45) is 5.73 Å².